The average Bonchev–Trinajstić information content (AvgIpc) is 2.32. The summed E-state index contributed by atoms with van der Waals surface area (Å²) in [7, 11) is 0. The Morgan fingerprint density at radius 1 is 1.17 bits per heavy atom. The largest absolute Gasteiger partial charge is 0.379 e. The van der Waals surface area contributed by atoms with Gasteiger partial charge in [-0.15, -0.1) is 0 Å². The summed E-state index contributed by atoms with van der Waals surface area (Å²) in [5.41, 5.74) is 0.391. The molecule has 3 rings (SSSR count). The van der Waals surface area contributed by atoms with Gasteiger partial charge in [-0.05, 0) is 43.5 Å². The number of halogens is 2. The van der Waals surface area contributed by atoms with Crippen LogP contribution in [0.5, 0.6) is 0 Å². The van der Waals surface area contributed by atoms with Crippen LogP contribution < -0.4 is 5.32 Å². The number of benzene rings is 1. The van der Waals surface area contributed by atoms with Crippen LogP contribution in [-0.4, -0.2) is 26.3 Å². The van der Waals surface area contributed by atoms with Crippen LogP contribution in [0, 0.1) is 17.6 Å². The Morgan fingerprint density at radius 3 is 2.44 bits per heavy atom. The lowest BCUT2D eigenvalue weighted by Gasteiger charge is -2.49. The molecule has 0 amide bonds. The summed E-state index contributed by atoms with van der Waals surface area (Å²) >= 11 is 0. The average molecular weight is 253 g/mol. The molecule has 98 valence electrons. The molecule has 1 aromatic carbocycles. The highest BCUT2D eigenvalue weighted by molar-refractivity contribution is 5.31. The number of hydrogen-bond donors (Lipinski definition) is 1. The summed E-state index contributed by atoms with van der Waals surface area (Å²) in [6, 6.07) is 3.92. The van der Waals surface area contributed by atoms with E-state index in [1.165, 1.54) is 6.07 Å². The summed E-state index contributed by atoms with van der Waals surface area (Å²) in [6.45, 7) is 3.05. The van der Waals surface area contributed by atoms with Gasteiger partial charge >= 0.3 is 0 Å². The van der Waals surface area contributed by atoms with Crippen LogP contribution in [0.3, 0.4) is 0 Å². The van der Waals surface area contributed by atoms with E-state index in [2.05, 4.69) is 5.32 Å². The Kier molecular flexibility index (Phi) is 3.08. The van der Waals surface area contributed by atoms with Gasteiger partial charge in [0.15, 0.2) is 0 Å². The topological polar surface area (TPSA) is 21.3 Å². The van der Waals surface area contributed by atoms with E-state index in [4.69, 9.17) is 4.74 Å². The van der Waals surface area contributed by atoms with Crippen LogP contribution >= 0.6 is 0 Å². The highest BCUT2D eigenvalue weighted by Gasteiger charge is 2.48. The molecule has 2 heterocycles. The van der Waals surface area contributed by atoms with Crippen molar-refractivity contribution in [3.05, 3.63) is 35.4 Å². The van der Waals surface area contributed by atoms with Gasteiger partial charge in [-0.25, -0.2) is 8.78 Å². The van der Waals surface area contributed by atoms with Crippen molar-refractivity contribution < 1.29 is 13.5 Å². The fourth-order valence-corrected chi connectivity index (χ4v) is 3.20. The molecule has 1 aromatic rings. The smallest absolute Gasteiger partial charge is 0.130 e. The number of hydrogen-bond acceptors (Lipinski definition) is 2. The van der Waals surface area contributed by atoms with E-state index >= 15 is 0 Å². The summed E-state index contributed by atoms with van der Waals surface area (Å²) < 4.78 is 32.4. The zero-order chi connectivity index (χ0) is 12.6. The Balaban J connectivity index is 1.94. The normalized spacial score (nSPS) is 23.7. The molecule has 0 unspecified atom stereocenters. The molecule has 0 atom stereocenters. The standard InChI is InChI=1S/C14H17F2NO/c15-11-1-2-12(13(16)7-11)14(8-18-9-14)10-3-5-17-6-4-10/h1-2,7,10,17H,3-6,8-9H2. The lowest BCUT2D eigenvalue weighted by atomic mass is 9.65. The van der Waals surface area contributed by atoms with Crippen molar-refractivity contribution in [2.24, 2.45) is 5.92 Å². The van der Waals surface area contributed by atoms with Crippen LogP contribution in [-0.2, 0) is 10.2 Å². The second-order valence-corrected chi connectivity index (χ2v) is 5.30. The van der Waals surface area contributed by atoms with Gasteiger partial charge in [0.05, 0.1) is 13.2 Å². The van der Waals surface area contributed by atoms with Gasteiger partial charge in [0.1, 0.15) is 11.6 Å². The maximum atomic E-state index is 14.0. The second kappa shape index (κ2) is 4.59. The van der Waals surface area contributed by atoms with Gasteiger partial charge in [0.2, 0.25) is 0 Å². The third-order valence-corrected chi connectivity index (χ3v) is 4.31. The van der Waals surface area contributed by atoms with Crippen molar-refractivity contribution in [3.63, 3.8) is 0 Å². The van der Waals surface area contributed by atoms with Crippen molar-refractivity contribution >= 4 is 0 Å². The zero-order valence-corrected chi connectivity index (χ0v) is 10.2. The fourth-order valence-electron chi connectivity index (χ4n) is 3.20. The summed E-state index contributed by atoms with van der Waals surface area (Å²) in [5.74, 6) is -0.527. The van der Waals surface area contributed by atoms with E-state index in [1.807, 2.05) is 0 Å². The molecule has 0 saturated carbocycles. The van der Waals surface area contributed by atoms with Crippen molar-refractivity contribution in [1.82, 2.24) is 5.32 Å². The van der Waals surface area contributed by atoms with Crippen LogP contribution in [0.1, 0.15) is 18.4 Å². The Bertz CT molecular complexity index is 439. The van der Waals surface area contributed by atoms with E-state index in [-0.39, 0.29) is 5.41 Å². The molecule has 4 heteroatoms. The Morgan fingerprint density at radius 2 is 1.89 bits per heavy atom. The van der Waals surface area contributed by atoms with E-state index in [0.29, 0.717) is 24.7 Å². The van der Waals surface area contributed by atoms with Crippen molar-refractivity contribution in [2.75, 3.05) is 26.3 Å². The van der Waals surface area contributed by atoms with Crippen LogP contribution in [0.2, 0.25) is 0 Å². The molecule has 2 saturated heterocycles. The zero-order valence-electron chi connectivity index (χ0n) is 10.2. The first-order chi connectivity index (χ1) is 8.72. The first-order valence-electron chi connectivity index (χ1n) is 6.46. The van der Waals surface area contributed by atoms with Gasteiger partial charge in [-0.1, -0.05) is 6.07 Å². The predicted octanol–water partition coefficient (Wildman–Crippen LogP) is 2.23. The Labute approximate surface area is 105 Å². The summed E-state index contributed by atoms with van der Waals surface area (Å²) in [6.07, 6.45) is 2.06. The van der Waals surface area contributed by atoms with Gasteiger partial charge in [0.25, 0.3) is 0 Å². The van der Waals surface area contributed by atoms with E-state index in [0.717, 1.165) is 32.0 Å². The maximum Gasteiger partial charge on any atom is 0.130 e. The number of piperidine rings is 1. The highest BCUT2D eigenvalue weighted by Crippen LogP contribution is 2.44. The van der Waals surface area contributed by atoms with Crippen LogP contribution in [0.4, 0.5) is 8.78 Å². The van der Waals surface area contributed by atoms with Crippen LogP contribution in [0.15, 0.2) is 18.2 Å². The first-order valence-corrected chi connectivity index (χ1v) is 6.46. The van der Waals surface area contributed by atoms with Crippen LogP contribution in [0.25, 0.3) is 0 Å². The van der Waals surface area contributed by atoms with E-state index in [1.54, 1.807) is 6.07 Å². The maximum absolute atomic E-state index is 14.0. The lowest BCUT2D eigenvalue weighted by Crippen LogP contribution is -2.55. The molecule has 1 N–H and O–H groups in total. The SMILES string of the molecule is Fc1ccc(C2(C3CCNCC3)COC2)c(F)c1. The van der Waals surface area contributed by atoms with Crippen molar-refractivity contribution in [3.8, 4) is 0 Å². The molecule has 0 aliphatic carbocycles. The van der Waals surface area contributed by atoms with Gasteiger partial charge in [-0.3, -0.25) is 0 Å². The number of rotatable bonds is 2. The molecular formula is C14H17F2NO. The molecule has 2 nitrogen and oxygen atoms in total. The summed E-state index contributed by atoms with van der Waals surface area (Å²) in [5, 5.41) is 3.32. The molecular weight excluding hydrogens is 236 g/mol. The molecule has 2 fully saturated rings. The monoisotopic (exact) mass is 253 g/mol. The number of ether oxygens (including phenoxy) is 1. The fraction of sp³-hybridized carbons (Fsp3) is 0.571. The third kappa shape index (κ3) is 1.84. The lowest BCUT2D eigenvalue weighted by molar-refractivity contribution is -0.0979. The molecule has 2 aliphatic heterocycles. The highest BCUT2D eigenvalue weighted by atomic mass is 19.1. The molecule has 0 radical (unpaired) electrons. The van der Waals surface area contributed by atoms with E-state index in [9.17, 15) is 8.78 Å². The molecule has 0 bridgehead atoms. The van der Waals surface area contributed by atoms with Gasteiger partial charge < -0.3 is 10.1 Å². The first kappa shape index (κ1) is 12.1. The molecule has 18 heavy (non-hydrogen) atoms. The van der Waals surface area contributed by atoms with Gasteiger partial charge in [0, 0.05) is 11.5 Å². The van der Waals surface area contributed by atoms with Crippen molar-refractivity contribution in [2.45, 2.75) is 18.3 Å². The van der Waals surface area contributed by atoms with E-state index < -0.39 is 11.6 Å². The molecule has 2 aliphatic rings. The molecule has 0 aromatic heterocycles. The molecule has 0 spiro atoms. The quantitative estimate of drug-likeness (QED) is 0.872. The van der Waals surface area contributed by atoms with Crippen molar-refractivity contribution in [1.29, 1.82) is 0 Å². The second-order valence-electron chi connectivity index (χ2n) is 5.30. The summed E-state index contributed by atoms with van der Waals surface area (Å²) in [4.78, 5) is 0. The van der Waals surface area contributed by atoms with Gasteiger partial charge in [-0.2, -0.15) is 0 Å². The Hall–Kier alpha value is -1.00. The number of nitrogens with one attached hydrogen (secondary N) is 1. The third-order valence-electron chi connectivity index (χ3n) is 4.31. The minimum atomic E-state index is -0.517. The predicted molar refractivity (Wildman–Crippen MR) is 64.4 cm³/mol. The minimum Gasteiger partial charge on any atom is -0.379 e. The minimum absolute atomic E-state index is 0.236.